The van der Waals surface area contributed by atoms with E-state index in [1.807, 2.05) is 6.92 Å². The van der Waals surface area contributed by atoms with Crippen LogP contribution < -0.4 is 10.6 Å². The summed E-state index contributed by atoms with van der Waals surface area (Å²) < 4.78 is 0. The molecule has 0 radical (unpaired) electrons. The molecule has 1 atom stereocenters. The molecule has 1 aliphatic rings. The van der Waals surface area contributed by atoms with Crippen molar-refractivity contribution in [2.45, 2.75) is 26.2 Å². The average molecular weight is 271 g/mol. The fourth-order valence-corrected chi connectivity index (χ4v) is 1.89. The molecule has 7 heteroatoms. The Kier molecular flexibility index (Phi) is 6.11. The van der Waals surface area contributed by atoms with Gasteiger partial charge in [0, 0.05) is 32.6 Å². The molecule has 1 heterocycles. The molecule has 3 N–H and O–H groups in total. The highest BCUT2D eigenvalue weighted by molar-refractivity contribution is 5.79. The van der Waals surface area contributed by atoms with Crippen LogP contribution in [0.4, 0.5) is 4.79 Å². The molecule has 1 aliphatic heterocycles. The second-order valence-electron chi connectivity index (χ2n) is 4.60. The van der Waals surface area contributed by atoms with Gasteiger partial charge in [0.1, 0.15) is 0 Å². The lowest BCUT2D eigenvalue weighted by molar-refractivity contribution is -0.141. The molecule has 3 amide bonds. The highest BCUT2D eigenvalue weighted by Gasteiger charge is 2.30. The summed E-state index contributed by atoms with van der Waals surface area (Å²) in [7, 11) is 0. The van der Waals surface area contributed by atoms with Gasteiger partial charge in [-0.15, -0.1) is 0 Å². The van der Waals surface area contributed by atoms with Crippen molar-refractivity contribution < 1.29 is 19.5 Å². The second-order valence-corrected chi connectivity index (χ2v) is 4.60. The van der Waals surface area contributed by atoms with Crippen LogP contribution >= 0.6 is 0 Å². The number of likely N-dealkylation sites (tertiary alicyclic amines) is 1. The zero-order valence-electron chi connectivity index (χ0n) is 11.1. The summed E-state index contributed by atoms with van der Waals surface area (Å²) >= 11 is 0. The standard InChI is InChI=1S/C12H21N3O4/c1-2-5-13-10(16)3-6-14-12(19)15-7-4-9(8-15)11(17)18/h9H,2-8H2,1H3,(H,13,16)(H,14,19)(H,17,18). The first-order valence-electron chi connectivity index (χ1n) is 6.56. The molecular formula is C12H21N3O4. The van der Waals surface area contributed by atoms with E-state index < -0.39 is 11.9 Å². The smallest absolute Gasteiger partial charge is 0.317 e. The van der Waals surface area contributed by atoms with Gasteiger partial charge in [0.2, 0.25) is 5.91 Å². The maximum Gasteiger partial charge on any atom is 0.317 e. The van der Waals surface area contributed by atoms with E-state index in [0.29, 0.717) is 19.5 Å². The first-order valence-corrected chi connectivity index (χ1v) is 6.56. The van der Waals surface area contributed by atoms with Gasteiger partial charge in [-0.25, -0.2) is 4.79 Å². The average Bonchev–Trinajstić information content (AvgIpc) is 2.86. The van der Waals surface area contributed by atoms with Gasteiger partial charge in [-0.05, 0) is 12.8 Å². The minimum absolute atomic E-state index is 0.0908. The lowest BCUT2D eigenvalue weighted by Crippen LogP contribution is -2.40. The van der Waals surface area contributed by atoms with Gasteiger partial charge in [0.25, 0.3) is 0 Å². The number of aliphatic carboxylic acids is 1. The number of hydrogen-bond acceptors (Lipinski definition) is 3. The number of urea groups is 1. The number of carbonyl (C=O) groups is 3. The van der Waals surface area contributed by atoms with Crippen LogP contribution in [0.25, 0.3) is 0 Å². The van der Waals surface area contributed by atoms with Gasteiger partial charge in [0.15, 0.2) is 0 Å². The van der Waals surface area contributed by atoms with Crippen LogP contribution in [0.1, 0.15) is 26.2 Å². The van der Waals surface area contributed by atoms with E-state index in [9.17, 15) is 14.4 Å². The van der Waals surface area contributed by atoms with Crippen molar-refractivity contribution in [1.82, 2.24) is 15.5 Å². The number of nitrogens with zero attached hydrogens (tertiary/aromatic N) is 1. The van der Waals surface area contributed by atoms with E-state index in [2.05, 4.69) is 10.6 Å². The molecule has 1 fully saturated rings. The zero-order valence-corrected chi connectivity index (χ0v) is 11.1. The van der Waals surface area contributed by atoms with Crippen LogP contribution in [0.3, 0.4) is 0 Å². The summed E-state index contributed by atoms with van der Waals surface area (Å²) in [6, 6.07) is -0.299. The van der Waals surface area contributed by atoms with Crippen LogP contribution in [-0.4, -0.2) is 54.1 Å². The summed E-state index contributed by atoms with van der Waals surface area (Å²) in [6.07, 6.45) is 1.60. The van der Waals surface area contributed by atoms with E-state index >= 15 is 0 Å². The first-order chi connectivity index (χ1) is 9.04. The lowest BCUT2D eigenvalue weighted by atomic mass is 10.1. The van der Waals surface area contributed by atoms with Crippen molar-refractivity contribution in [3.8, 4) is 0 Å². The van der Waals surface area contributed by atoms with Crippen LogP contribution in [0.15, 0.2) is 0 Å². The van der Waals surface area contributed by atoms with Crippen molar-refractivity contribution in [2.75, 3.05) is 26.2 Å². The Hall–Kier alpha value is -1.79. The van der Waals surface area contributed by atoms with Crippen molar-refractivity contribution in [3.05, 3.63) is 0 Å². The monoisotopic (exact) mass is 271 g/mol. The number of rotatable bonds is 6. The summed E-state index contributed by atoms with van der Waals surface area (Å²) in [5.74, 6) is -1.43. The topological polar surface area (TPSA) is 98.7 Å². The highest BCUT2D eigenvalue weighted by atomic mass is 16.4. The van der Waals surface area contributed by atoms with Crippen molar-refractivity contribution >= 4 is 17.9 Å². The molecule has 0 bridgehead atoms. The van der Waals surface area contributed by atoms with Gasteiger partial charge in [-0.3, -0.25) is 9.59 Å². The fraction of sp³-hybridized carbons (Fsp3) is 0.750. The van der Waals surface area contributed by atoms with Crippen LogP contribution in [-0.2, 0) is 9.59 Å². The first kappa shape index (κ1) is 15.3. The Morgan fingerprint density at radius 2 is 2.00 bits per heavy atom. The Labute approximate surface area is 112 Å². The van der Waals surface area contributed by atoms with E-state index in [1.54, 1.807) is 0 Å². The molecule has 1 unspecified atom stereocenters. The number of nitrogens with one attached hydrogen (secondary N) is 2. The van der Waals surface area contributed by atoms with Crippen LogP contribution in [0.5, 0.6) is 0 Å². The van der Waals surface area contributed by atoms with Gasteiger partial charge >= 0.3 is 12.0 Å². The zero-order chi connectivity index (χ0) is 14.3. The molecule has 7 nitrogen and oxygen atoms in total. The Morgan fingerprint density at radius 3 is 2.58 bits per heavy atom. The summed E-state index contributed by atoms with van der Waals surface area (Å²) in [6.45, 7) is 3.56. The van der Waals surface area contributed by atoms with Crippen molar-refractivity contribution in [1.29, 1.82) is 0 Å². The largest absolute Gasteiger partial charge is 0.481 e. The quantitative estimate of drug-likeness (QED) is 0.634. The molecule has 0 aromatic carbocycles. The van der Waals surface area contributed by atoms with Crippen molar-refractivity contribution in [2.24, 2.45) is 5.92 Å². The number of carboxylic acid groups (broad SMARTS) is 1. The molecule has 0 aromatic rings. The molecule has 1 saturated heterocycles. The summed E-state index contributed by atoms with van der Waals surface area (Å²) in [5, 5.41) is 14.2. The fourth-order valence-electron chi connectivity index (χ4n) is 1.89. The molecule has 1 rings (SSSR count). The molecule has 0 aromatic heterocycles. The van der Waals surface area contributed by atoms with Gasteiger partial charge in [-0.2, -0.15) is 0 Å². The van der Waals surface area contributed by atoms with Crippen LogP contribution in [0.2, 0.25) is 0 Å². The minimum Gasteiger partial charge on any atom is -0.481 e. The highest BCUT2D eigenvalue weighted by Crippen LogP contribution is 2.15. The number of hydrogen-bond donors (Lipinski definition) is 3. The molecule has 108 valence electrons. The number of carboxylic acids is 1. The lowest BCUT2D eigenvalue weighted by Gasteiger charge is -2.16. The van der Waals surface area contributed by atoms with Crippen molar-refractivity contribution in [3.63, 3.8) is 0 Å². The predicted molar refractivity (Wildman–Crippen MR) is 68.6 cm³/mol. The second kappa shape index (κ2) is 7.60. The molecule has 0 aliphatic carbocycles. The maximum atomic E-state index is 11.7. The Balaban J connectivity index is 2.18. The third-order valence-corrected chi connectivity index (χ3v) is 3.03. The van der Waals surface area contributed by atoms with Crippen LogP contribution in [0, 0.1) is 5.92 Å². The maximum absolute atomic E-state index is 11.7. The Bertz CT molecular complexity index is 346. The SMILES string of the molecule is CCCNC(=O)CCNC(=O)N1CCC(C(=O)O)C1. The third-order valence-electron chi connectivity index (χ3n) is 3.03. The van der Waals surface area contributed by atoms with E-state index in [0.717, 1.165) is 6.42 Å². The van der Waals surface area contributed by atoms with Gasteiger partial charge in [-0.1, -0.05) is 6.92 Å². The predicted octanol–water partition coefficient (Wildman–Crippen LogP) is 0.0188. The number of carbonyl (C=O) groups excluding carboxylic acids is 2. The minimum atomic E-state index is -0.866. The third kappa shape index (κ3) is 5.15. The molecule has 19 heavy (non-hydrogen) atoms. The summed E-state index contributed by atoms with van der Waals surface area (Å²) in [4.78, 5) is 35.2. The molecular weight excluding hydrogens is 250 g/mol. The van der Waals surface area contributed by atoms with E-state index in [1.165, 1.54) is 4.90 Å². The number of amides is 3. The molecule has 0 spiro atoms. The van der Waals surface area contributed by atoms with Gasteiger partial charge in [0.05, 0.1) is 5.92 Å². The normalized spacial score (nSPS) is 18.2. The van der Waals surface area contributed by atoms with Gasteiger partial charge < -0.3 is 20.6 Å². The Morgan fingerprint density at radius 1 is 1.26 bits per heavy atom. The molecule has 0 saturated carbocycles. The van der Waals surface area contributed by atoms with E-state index in [4.69, 9.17) is 5.11 Å². The van der Waals surface area contributed by atoms with E-state index in [-0.39, 0.29) is 31.4 Å². The summed E-state index contributed by atoms with van der Waals surface area (Å²) in [5.41, 5.74) is 0.